The Labute approximate surface area is 257 Å². The third kappa shape index (κ3) is 8.59. The summed E-state index contributed by atoms with van der Waals surface area (Å²) in [5.41, 5.74) is 1.12. The van der Waals surface area contributed by atoms with Gasteiger partial charge in [-0.15, -0.1) is 0 Å². The number of ether oxygens (including phenoxy) is 5. The Morgan fingerprint density at radius 1 is 0.667 bits per heavy atom. The van der Waals surface area contributed by atoms with Gasteiger partial charge in [-0.2, -0.15) is 0 Å². The number of aromatic nitrogens is 2. The van der Waals surface area contributed by atoms with Crippen molar-refractivity contribution in [3.05, 3.63) is 80.9 Å². The summed E-state index contributed by atoms with van der Waals surface area (Å²) in [6.07, 6.45) is -1.12. The normalized spacial score (nSPS) is 10.6. The summed E-state index contributed by atoms with van der Waals surface area (Å²) in [5.74, 6) is -4.88. The number of methoxy groups -OCH3 is 4. The van der Waals surface area contributed by atoms with Gasteiger partial charge in [0.2, 0.25) is 0 Å². The highest BCUT2D eigenvalue weighted by Crippen LogP contribution is 2.29. The maximum Gasteiger partial charge on any atom is 0.355 e. The van der Waals surface area contributed by atoms with E-state index < -0.39 is 35.8 Å². The van der Waals surface area contributed by atoms with Gasteiger partial charge in [0.15, 0.2) is 0 Å². The van der Waals surface area contributed by atoms with Gasteiger partial charge in [0.05, 0.1) is 40.4 Å². The van der Waals surface area contributed by atoms with E-state index in [4.69, 9.17) is 18.9 Å². The third-order valence-electron chi connectivity index (χ3n) is 7.02. The summed E-state index contributed by atoms with van der Waals surface area (Å²) in [7, 11) is 4.70. The second kappa shape index (κ2) is 15.9. The first-order valence-corrected chi connectivity index (χ1v) is 13.7. The van der Waals surface area contributed by atoms with Gasteiger partial charge in [-0.05, 0) is 35.1 Å². The van der Waals surface area contributed by atoms with Crippen LogP contribution in [0.25, 0.3) is 0 Å². The first-order chi connectivity index (χ1) is 21.5. The lowest BCUT2D eigenvalue weighted by Gasteiger charge is -2.09. The lowest BCUT2D eigenvalue weighted by Crippen LogP contribution is -2.13. The first kappa shape index (κ1) is 34.1. The van der Waals surface area contributed by atoms with Crippen molar-refractivity contribution in [2.75, 3.05) is 28.4 Å². The van der Waals surface area contributed by atoms with E-state index in [-0.39, 0.29) is 90.2 Å². The van der Waals surface area contributed by atoms with E-state index in [2.05, 4.69) is 14.7 Å². The van der Waals surface area contributed by atoms with E-state index in [1.54, 1.807) is 24.3 Å². The Morgan fingerprint density at radius 2 is 1.24 bits per heavy atom. The van der Waals surface area contributed by atoms with E-state index in [9.17, 15) is 33.9 Å². The van der Waals surface area contributed by atoms with E-state index in [0.29, 0.717) is 5.56 Å². The molecule has 3 aromatic rings. The molecule has 0 saturated heterocycles. The van der Waals surface area contributed by atoms with Gasteiger partial charge >= 0.3 is 35.8 Å². The molecule has 2 heterocycles. The van der Waals surface area contributed by atoms with Crippen molar-refractivity contribution in [1.82, 2.24) is 9.97 Å². The Bertz CT molecular complexity index is 1570. The second-order valence-electron chi connectivity index (χ2n) is 9.71. The number of rotatable bonds is 15. The van der Waals surface area contributed by atoms with Crippen molar-refractivity contribution in [1.29, 1.82) is 0 Å². The highest BCUT2D eigenvalue weighted by molar-refractivity contribution is 5.99. The molecule has 0 atom stereocenters. The van der Waals surface area contributed by atoms with Crippen LogP contribution in [0.4, 0.5) is 0 Å². The van der Waals surface area contributed by atoms with Crippen molar-refractivity contribution >= 4 is 35.8 Å². The van der Waals surface area contributed by atoms with Gasteiger partial charge < -0.3 is 38.8 Å². The van der Waals surface area contributed by atoms with E-state index in [1.165, 1.54) is 21.3 Å². The Morgan fingerprint density at radius 3 is 1.80 bits per heavy atom. The lowest BCUT2D eigenvalue weighted by atomic mass is 9.97. The molecule has 0 aliphatic rings. The minimum absolute atomic E-state index is 0.0698. The largest absolute Gasteiger partial charge is 0.477 e. The molecule has 1 aromatic carbocycles. The van der Waals surface area contributed by atoms with Crippen LogP contribution in [-0.4, -0.2) is 79.3 Å². The number of hydrogen-bond acceptors (Lipinski definition) is 11. The number of H-pyrrole nitrogens is 2. The molecule has 0 unspecified atom stereocenters. The molecule has 14 heteroatoms. The highest BCUT2D eigenvalue weighted by atomic mass is 16.5. The molecule has 0 saturated carbocycles. The number of carbonyl (C=O) groups is 6. The molecule has 3 N–H and O–H groups in total. The molecule has 0 fully saturated rings. The van der Waals surface area contributed by atoms with Crippen molar-refractivity contribution in [2.24, 2.45) is 0 Å². The van der Waals surface area contributed by atoms with Crippen LogP contribution in [0.1, 0.15) is 77.8 Å². The van der Waals surface area contributed by atoms with Crippen LogP contribution in [-0.2, 0) is 70.4 Å². The molecule has 45 heavy (non-hydrogen) atoms. The molecule has 0 radical (unpaired) electrons. The number of aromatic carboxylic acids is 1. The fourth-order valence-corrected chi connectivity index (χ4v) is 4.81. The number of nitrogens with one attached hydrogen (secondary N) is 2. The van der Waals surface area contributed by atoms with E-state index >= 15 is 0 Å². The smallest absolute Gasteiger partial charge is 0.355 e. The average Bonchev–Trinajstić information content (AvgIpc) is 3.58. The summed E-state index contributed by atoms with van der Waals surface area (Å²) < 4.78 is 24.7. The Balaban J connectivity index is 2.16. The standard InChI is InChI=1S/C31H34N2O12/c1-41-23(34)12-10-18-20(14-25(36)43-3)21(32-27(18)29(37)38)15-22-26(30(39)44-4)19(11-13-24(35)42-2)28(33-22)31(40)45-16-17-8-6-5-7-9-17/h5-9,32-33H,10-16H2,1-4H3,(H,37,38). The molecule has 0 amide bonds. The number of carbonyl (C=O) groups excluding carboxylic acids is 5. The van der Waals surface area contributed by atoms with Crippen molar-refractivity contribution < 1.29 is 57.6 Å². The fourth-order valence-electron chi connectivity index (χ4n) is 4.81. The lowest BCUT2D eigenvalue weighted by molar-refractivity contribution is -0.141. The molecule has 0 bridgehead atoms. The fraction of sp³-hybridized carbons (Fsp3) is 0.355. The van der Waals surface area contributed by atoms with Crippen molar-refractivity contribution in [2.45, 2.75) is 45.1 Å². The molecular weight excluding hydrogens is 592 g/mol. The van der Waals surface area contributed by atoms with E-state index in [1.807, 2.05) is 6.07 Å². The van der Waals surface area contributed by atoms with E-state index in [0.717, 1.165) is 7.11 Å². The van der Waals surface area contributed by atoms with Crippen molar-refractivity contribution in [3.63, 3.8) is 0 Å². The van der Waals surface area contributed by atoms with Crippen LogP contribution >= 0.6 is 0 Å². The van der Waals surface area contributed by atoms with Crippen LogP contribution in [0, 0.1) is 0 Å². The molecule has 2 aromatic heterocycles. The van der Waals surface area contributed by atoms with Crippen LogP contribution in [0.5, 0.6) is 0 Å². The maximum atomic E-state index is 13.3. The average molecular weight is 627 g/mol. The number of aromatic amines is 2. The summed E-state index contributed by atoms with van der Waals surface area (Å²) in [6.45, 7) is -0.0799. The topological polar surface area (TPSA) is 200 Å². The molecule has 240 valence electrons. The zero-order chi connectivity index (χ0) is 33.1. The van der Waals surface area contributed by atoms with Gasteiger partial charge in [-0.1, -0.05) is 30.3 Å². The van der Waals surface area contributed by atoms with Gasteiger partial charge in [0, 0.05) is 30.7 Å². The van der Waals surface area contributed by atoms with Crippen LogP contribution in [0.15, 0.2) is 30.3 Å². The van der Waals surface area contributed by atoms with Gasteiger partial charge in [0.1, 0.15) is 18.0 Å². The highest BCUT2D eigenvalue weighted by Gasteiger charge is 2.31. The van der Waals surface area contributed by atoms with Crippen LogP contribution in [0.2, 0.25) is 0 Å². The van der Waals surface area contributed by atoms with Crippen molar-refractivity contribution in [3.8, 4) is 0 Å². The molecule has 14 nitrogen and oxygen atoms in total. The predicted octanol–water partition coefficient (Wildman–Crippen LogP) is 2.70. The van der Waals surface area contributed by atoms with Crippen LogP contribution in [0.3, 0.4) is 0 Å². The SMILES string of the molecule is COC(=O)CCc1c(C(=O)O)[nH]c(Cc2[nH]c(C(=O)OCc3ccccc3)c(CCC(=O)OC)c2C(=O)OC)c1CC(=O)OC. The zero-order valence-electron chi connectivity index (χ0n) is 25.3. The molecular formula is C31H34N2O12. The quantitative estimate of drug-likeness (QED) is 0.165. The predicted molar refractivity (Wildman–Crippen MR) is 155 cm³/mol. The molecule has 0 aliphatic heterocycles. The monoisotopic (exact) mass is 626 g/mol. The minimum Gasteiger partial charge on any atom is -0.477 e. The third-order valence-corrected chi connectivity index (χ3v) is 7.02. The Kier molecular flexibility index (Phi) is 12.0. The summed E-state index contributed by atoms with van der Waals surface area (Å²) in [4.78, 5) is 80.7. The number of hydrogen-bond donors (Lipinski definition) is 3. The summed E-state index contributed by atoms with van der Waals surface area (Å²) in [5, 5.41) is 9.93. The maximum absolute atomic E-state index is 13.3. The van der Waals surface area contributed by atoms with Gasteiger partial charge in [-0.25, -0.2) is 14.4 Å². The van der Waals surface area contributed by atoms with Gasteiger partial charge in [0.25, 0.3) is 0 Å². The second-order valence-corrected chi connectivity index (χ2v) is 9.71. The zero-order valence-corrected chi connectivity index (χ0v) is 25.3. The Hall–Kier alpha value is -5.40. The number of benzene rings is 1. The van der Waals surface area contributed by atoms with Crippen LogP contribution < -0.4 is 0 Å². The first-order valence-electron chi connectivity index (χ1n) is 13.7. The number of carboxylic acids is 1. The van der Waals surface area contributed by atoms with Gasteiger partial charge in [-0.3, -0.25) is 14.4 Å². The molecule has 0 aliphatic carbocycles. The minimum atomic E-state index is -1.35. The summed E-state index contributed by atoms with van der Waals surface area (Å²) in [6, 6.07) is 8.89. The molecule has 0 spiro atoms. The number of esters is 5. The number of carboxylic acid groups (broad SMARTS) is 1. The summed E-state index contributed by atoms with van der Waals surface area (Å²) >= 11 is 0. The molecule has 3 rings (SSSR count).